The van der Waals surface area contributed by atoms with E-state index in [9.17, 15) is 0 Å². The molecule has 1 heterocycles. The van der Waals surface area contributed by atoms with E-state index >= 15 is 0 Å². The van der Waals surface area contributed by atoms with E-state index in [1.165, 1.54) is 5.56 Å². The van der Waals surface area contributed by atoms with Crippen LogP contribution in [0.3, 0.4) is 0 Å². The van der Waals surface area contributed by atoms with Crippen LogP contribution in [0.5, 0.6) is 0 Å². The van der Waals surface area contributed by atoms with Crippen LogP contribution >= 0.6 is 0 Å². The first-order valence-electron chi connectivity index (χ1n) is 5.46. The lowest BCUT2D eigenvalue weighted by Crippen LogP contribution is -2.13. The molecule has 2 rings (SSSR count). The number of hydrogen-bond acceptors (Lipinski definition) is 3. The number of benzene rings is 1. The number of nitrogens with two attached hydrogens (primary N) is 1. The van der Waals surface area contributed by atoms with Crippen molar-refractivity contribution in [1.29, 1.82) is 0 Å². The molecule has 0 aliphatic carbocycles. The minimum absolute atomic E-state index is 0.248. The topological polar surface area (TPSA) is 56.7 Å². The molecule has 0 saturated heterocycles. The van der Waals surface area contributed by atoms with Crippen molar-refractivity contribution in [3.63, 3.8) is 0 Å². The highest BCUT2D eigenvalue weighted by atomic mass is 15.3. The second kappa shape index (κ2) is 4.90. The Morgan fingerprint density at radius 2 is 2.06 bits per heavy atom. The van der Waals surface area contributed by atoms with Gasteiger partial charge in [0.05, 0.1) is 6.04 Å². The summed E-state index contributed by atoms with van der Waals surface area (Å²) in [4.78, 5) is 0. The Kier molecular flexibility index (Phi) is 3.31. The summed E-state index contributed by atoms with van der Waals surface area (Å²) in [6, 6.07) is 10.6. The highest BCUT2D eigenvalue weighted by Gasteiger charge is 2.11. The van der Waals surface area contributed by atoms with Crippen molar-refractivity contribution < 1.29 is 0 Å². The van der Waals surface area contributed by atoms with Crippen molar-refractivity contribution in [1.82, 2.24) is 14.8 Å². The maximum atomic E-state index is 5.55. The van der Waals surface area contributed by atoms with E-state index in [0.717, 1.165) is 12.2 Å². The van der Waals surface area contributed by atoms with E-state index < -0.39 is 0 Å². The molecule has 1 atom stereocenters. The summed E-state index contributed by atoms with van der Waals surface area (Å²) in [5, 5.41) is 8.03. The van der Waals surface area contributed by atoms with E-state index in [0.29, 0.717) is 6.54 Å². The van der Waals surface area contributed by atoms with Crippen LogP contribution in [-0.2, 0) is 6.42 Å². The van der Waals surface area contributed by atoms with Gasteiger partial charge in [-0.2, -0.15) is 0 Å². The van der Waals surface area contributed by atoms with Gasteiger partial charge in [0.1, 0.15) is 12.2 Å². The molecule has 1 aromatic carbocycles. The third-order valence-corrected chi connectivity index (χ3v) is 2.71. The van der Waals surface area contributed by atoms with Crippen LogP contribution in [0.4, 0.5) is 0 Å². The van der Waals surface area contributed by atoms with Crippen LogP contribution in [0.1, 0.15) is 24.4 Å². The summed E-state index contributed by atoms with van der Waals surface area (Å²) in [5.74, 6) is 0.943. The minimum Gasteiger partial charge on any atom is -0.330 e. The molecule has 0 aliphatic rings. The summed E-state index contributed by atoms with van der Waals surface area (Å²) in [6.45, 7) is 2.74. The van der Waals surface area contributed by atoms with E-state index in [2.05, 4.69) is 33.8 Å². The van der Waals surface area contributed by atoms with Gasteiger partial charge in [-0.3, -0.25) is 0 Å². The van der Waals surface area contributed by atoms with Gasteiger partial charge in [-0.05, 0) is 19.0 Å². The van der Waals surface area contributed by atoms with Gasteiger partial charge in [0.15, 0.2) is 0 Å². The Balaban J connectivity index is 2.27. The van der Waals surface area contributed by atoms with Crippen LogP contribution in [0.2, 0.25) is 0 Å². The summed E-state index contributed by atoms with van der Waals surface area (Å²) >= 11 is 0. The number of aromatic nitrogens is 3. The molecule has 2 N–H and O–H groups in total. The van der Waals surface area contributed by atoms with Crippen LogP contribution in [0.15, 0.2) is 36.7 Å². The molecule has 0 bridgehead atoms. The third kappa shape index (κ3) is 2.12. The second-order valence-corrected chi connectivity index (χ2v) is 3.78. The molecule has 0 radical (unpaired) electrons. The summed E-state index contributed by atoms with van der Waals surface area (Å²) in [5.41, 5.74) is 6.80. The predicted octanol–water partition coefficient (Wildman–Crippen LogP) is 1.39. The van der Waals surface area contributed by atoms with E-state index in [1.54, 1.807) is 6.33 Å². The number of rotatable bonds is 4. The van der Waals surface area contributed by atoms with Gasteiger partial charge in [-0.1, -0.05) is 30.3 Å². The van der Waals surface area contributed by atoms with Crippen molar-refractivity contribution >= 4 is 0 Å². The van der Waals surface area contributed by atoms with E-state index in [4.69, 9.17) is 5.73 Å². The maximum absolute atomic E-state index is 5.55. The molecular weight excluding hydrogens is 200 g/mol. The third-order valence-electron chi connectivity index (χ3n) is 2.71. The average molecular weight is 216 g/mol. The SMILES string of the molecule is C[C@@H](c1ccccc1)n1cnnc1CCN. The van der Waals surface area contributed by atoms with Gasteiger partial charge in [-0.25, -0.2) is 0 Å². The van der Waals surface area contributed by atoms with Gasteiger partial charge in [0.2, 0.25) is 0 Å². The molecule has 0 saturated carbocycles. The van der Waals surface area contributed by atoms with Gasteiger partial charge < -0.3 is 10.3 Å². The van der Waals surface area contributed by atoms with E-state index in [1.807, 2.05) is 18.2 Å². The largest absolute Gasteiger partial charge is 0.330 e. The fourth-order valence-corrected chi connectivity index (χ4v) is 1.79. The molecule has 0 fully saturated rings. The fourth-order valence-electron chi connectivity index (χ4n) is 1.79. The Bertz CT molecular complexity index is 435. The summed E-state index contributed by atoms with van der Waals surface area (Å²) < 4.78 is 2.07. The molecule has 84 valence electrons. The molecule has 0 unspecified atom stereocenters. The van der Waals surface area contributed by atoms with Gasteiger partial charge in [0.25, 0.3) is 0 Å². The average Bonchev–Trinajstić information content (AvgIpc) is 2.78. The van der Waals surface area contributed by atoms with Crippen molar-refractivity contribution in [3.05, 3.63) is 48.0 Å². The molecule has 2 aromatic rings. The predicted molar refractivity (Wildman–Crippen MR) is 63.0 cm³/mol. The monoisotopic (exact) mass is 216 g/mol. The van der Waals surface area contributed by atoms with Crippen molar-refractivity contribution in [2.45, 2.75) is 19.4 Å². The van der Waals surface area contributed by atoms with Gasteiger partial charge in [0, 0.05) is 6.42 Å². The van der Waals surface area contributed by atoms with Crippen LogP contribution < -0.4 is 5.73 Å². The van der Waals surface area contributed by atoms with Gasteiger partial charge >= 0.3 is 0 Å². The molecular formula is C12H16N4. The standard InChI is InChI=1S/C12H16N4/c1-10(11-5-3-2-4-6-11)16-9-14-15-12(16)7-8-13/h2-6,9-10H,7-8,13H2,1H3/t10-/m0/s1. The number of nitrogens with zero attached hydrogens (tertiary/aromatic N) is 3. The zero-order chi connectivity index (χ0) is 11.4. The Hall–Kier alpha value is -1.68. The molecule has 16 heavy (non-hydrogen) atoms. The molecule has 4 nitrogen and oxygen atoms in total. The van der Waals surface area contributed by atoms with Crippen LogP contribution in [-0.4, -0.2) is 21.3 Å². The Labute approximate surface area is 95.1 Å². The molecule has 4 heteroatoms. The highest BCUT2D eigenvalue weighted by molar-refractivity contribution is 5.19. The van der Waals surface area contributed by atoms with Crippen LogP contribution in [0, 0.1) is 0 Å². The molecule has 0 amide bonds. The minimum atomic E-state index is 0.248. The van der Waals surface area contributed by atoms with Crippen molar-refractivity contribution in [2.75, 3.05) is 6.54 Å². The Morgan fingerprint density at radius 3 is 2.75 bits per heavy atom. The lowest BCUT2D eigenvalue weighted by atomic mass is 10.1. The molecule has 0 aliphatic heterocycles. The van der Waals surface area contributed by atoms with Gasteiger partial charge in [-0.15, -0.1) is 10.2 Å². The number of hydrogen-bond donors (Lipinski definition) is 1. The fraction of sp³-hybridized carbons (Fsp3) is 0.333. The Morgan fingerprint density at radius 1 is 1.31 bits per heavy atom. The first-order valence-corrected chi connectivity index (χ1v) is 5.46. The zero-order valence-electron chi connectivity index (χ0n) is 9.37. The first kappa shape index (κ1) is 10.8. The molecule has 0 spiro atoms. The quantitative estimate of drug-likeness (QED) is 0.840. The van der Waals surface area contributed by atoms with Crippen molar-refractivity contribution in [2.24, 2.45) is 5.73 Å². The smallest absolute Gasteiger partial charge is 0.134 e. The zero-order valence-corrected chi connectivity index (χ0v) is 9.37. The lowest BCUT2D eigenvalue weighted by Gasteiger charge is -2.15. The van der Waals surface area contributed by atoms with Crippen LogP contribution in [0.25, 0.3) is 0 Å². The molecule has 1 aromatic heterocycles. The lowest BCUT2D eigenvalue weighted by molar-refractivity contribution is 0.600. The summed E-state index contributed by atoms with van der Waals surface area (Å²) in [7, 11) is 0. The second-order valence-electron chi connectivity index (χ2n) is 3.78. The maximum Gasteiger partial charge on any atom is 0.134 e. The normalized spacial score (nSPS) is 12.6. The summed E-state index contributed by atoms with van der Waals surface area (Å²) in [6.07, 6.45) is 2.53. The highest BCUT2D eigenvalue weighted by Crippen LogP contribution is 2.18. The first-order chi connectivity index (χ1) is 7.83. The van der Waals surface area contributed by atoms with Crippen molar-refractivity contribution in [3.8, 4) is 0 Å². The van der Waals surface area contributed by atoms with E-state index in [-0.39, 0.29) is 6.04 Å².